The standard InChI is InChI=1S/C15H17NO2/c1-12-15(4-3-9-16-12)13-5-7-14(8-6-13)18-11-10-17-2/h3-9H,10-11H2,1-2H3. The molecule has 0 radical (unpaired) electrons. The number of methoxy groups -OCH3 is 1. The zero-order valence-electron chi connectivity index (χ0n) is 10.7. The summed E-state index contributed by atoms with van der Waals surface area (Å²) in [6.07, 6.45) is 1.81. The molecule has 3 heteroatoms. The summed E-state index contributed by atoms with van der Waals surface area (Å²) in [6.45, 7) is 3.18. The SMILES string of the molecule is COCCOc1ccc(-c2cccnc2C)cc1. The molecule has 1 aromatic heterocycles. The van der Waals surface area contributed by atoms with Crippen molar-refractivity contribution in [3.05, 3.63) is 48.3 Å². The van der Waals surface area contributed by atoms with Gasteiger partial charge in [0.15, 0.2) is 0 Å². The number of rotatable bonds is 5. The van der Waals surface area contributed by atoms with Gasteiger partial charge in [0.1, 0.15) is 12.4 Å². The molecule has 0 atom stereocenters. The van der Waals surface area contributed by atoms with Crippen molar-refractivity contribution in [3.63, 3.8) is 0 Å². The smallest absolute Gasteiger partial charge is 0.119 e. The zero-order chi connectivity index (χ0) is 12.8. The van der Waals surface area contributed by atoms with Gasteiger partial charge in [0.2, 0.25) is 0 Å². The number of hydrogen-bond acceptors (Lipinski definition) is 3. The molecular weight excluding hydrogens is 226 g/mol. The molecule has 0 aliphatic rings. The Morgan fingerprint density at radius 3 is 2.50 bits per heavy atom. The van der Waals surface area contributed by atoms with Crippen LogP contribution >= 0.6 is 0 Å². The predicted molar refractivity (Wildman–Crippen MR) is 71.8 cm³/mol. The highest BCUT2D eigenvalue weighted by molar-refractivity contribution is 5.66. The molecule has 0 saturated carbocycles. The van der Waals surface area contributed by atoms with E-state index in [1.807, 2.05) is 37.3 Å². The molecule has 1 heterocycles. The van der Waals surface area contributed by atoms with Crippen molar-refractivity contribution in [1.29, 1.82) is 0 Å². The van der Waals surface area contributed by atoms with Crippen molar-refractivity contribution >= 4 is 0 Å². The molecule has 0 spiro atoms. The van der Waals surface area contributed by atoms with Crippen molar-refractivity contribution in [1.82, 2.24) is 4.98 Å². The lowest BCUT2D eigenvalue weighted by Gasteiger charge is -2.08. The molecule has 0 bridgehead atoms. The van der Waals surface area contributed by atoms with Crippen molar-refractivity contribution in [2.24, 2.45) is 0 Å². The number of nitrogens with zero attached hydrogens (tertiary/aromatic N) is 1. The van der Waals surface area contributed by atoms with E-state index >= 15 is 0 Å². The third-order valence-electron chi connectivity index (χ3n) is 2.73. The maximum atomic E-state index is 5.53. The van der Waals surface area contributed by atoms with Crippen molar-refractivity contribution in [2.75, 3.05) is 20.3 Å². The third-order valence-corrected chi connectivity index (χ3v) is 2.73. The Balaban J connectivity index is 2.10. The van der Waals surface area contributed by atoms with Gasteiger partial charge in [0.25, 0.3) is 0 Å². The van der Waals surface area contributed by atoms with E-state index in [2.05, 4.69) is 11.1 Å². The molecule has 0 aliphatic heterocycles. The van der Waals surface area contributed by atoms with E-state index in [1.54, 1.807) is 13.3 Å². The first kappa shape index (κ1) is 12.6. The maximum absolute atomic E-state index is 5.53. The van der Waals surface area contributed by atoms with Crippen LogP contribution in [0.3, 0.4) is 0 Å². The van der Waals surface area contributed by atoms with Gasteiger partial charge in [-0.3, -0.25) is 4.98 Å². The van der Waals surface area contributed by atoms with Crippen LogP contribution in [0.25, 0.3) is 11.1 Å². The first-order valence-electron chi connectivity index (χ1n) is 5.95. The summed E-state index contributed by atoms with van der Waals surface area (Å²) in [5.41, 5.74) is 3.34. The van der Waals surface area contributed by atoms with Gasteiger partial charge in [-0.2, -0.15) is 0 Å². The first-order chi connectivity index (χ1) is 8.81. The number of aromatic nitrogens is 1. The number of aryl methyl sites for hydroxylation is 1. The van der Waals surface area contributed by atoms with Crippen LogP contribution in [0.2, 0.25) is 0 Å². The van der Waals surface area contributed by atoms with E-state index in [0.717, 1.165) is 22.6 Å². The molecular formula is C15H17NO2. The van der Waals surface area contributed by atoms with Crippen LogP contribution in [-0.4, -0.2) is 25.3 Å². The Hall–Kier alpha value is -1.87. The normalized spacial score (nSPS) is 10.3. The average molecular weight is 243 g/mol. The molecule has 2 rings (SSSR count). The molecule has 3 nitrogen and oxygen atoms in total. The Morgan fingerprint density at radius 1 is 1.06 bits per heavy atom. The molecule has 2 aromatic rings. The first-order valence-corrected chi connectivity index (χ1v) is 5.95. The number of ether oxygens (including phenoxy) is 2. The fraction of sp³-hybridized carbons (Fsp3) is 0.267. The molecule has 18 heavy (non-hydrogen) atoms. The minimum absolute atomic E-state index is 0.571. The van der Waals surface area contributed by atoms with E-state index in [-0.39, 0.29) is 0 Å². The van der Waals surface area contributed by atoms with Crippen LogP contribution in [0.15, 0.2) is 42.6 Å². The van der Waals surface area contributed by atoms with Gasteiger partial charge < -0.3 is 9.47 Å². The van der Waals surface area contributed by atoms with Gasteiger partial charge in [-0.05, 0) is 30.7 Å². The van der Waals surface area contributed by atoms with Gasteiger partial charge in [-0.15, -0.1) is 0 Å². The summed E-state index contributed by atoms with van der Waals surface area (Å²) in [7, 11) is 1.66. The van der Waals surface area contributed by atoms with Crippen molar-refractivity contribution in [3.8, 4) is 16.9 Å². The average Bonchev–Trinajstić information content (AvgIpc) is 2.41. The zero-order valence-corrected chi connectivity index (χ0v) is 10.7. The topological polar surface area (TPSA) is 31.4 Å². The highest BCUT2D eigenvalue weighted by Gasteiger charge is 2.02. The van der Waals surface area contributed by atoms with Crippen LogP contribution in [0, 0.1) is 6.92 Å². The van der Waals surface area contributed by atoms with Crippen molar-refractivity contribution in [2.45, 2.75) is 6.92 Å². The lowest BCUT2D eigenvalue weighted by atomic mass is 10.0. The van der Waals surface area contributed by atoms with Gasteiger partial charge in [-0.25, -0.2) is 0 Å². The minimum atomic E-state index is 0.571. The van der Waals surface area contributed by atoms with Crippen LogP contribution in [0.4, 0.5) is 0 Å². The Kier molecular flexibility index (Phi) is 4.31. The van der Waals surface area contributed by atoms with E-state index < -0.39 is 0 Å². The largest absolute Gasteiger partial charge is 0.491 e. The molecule has 0 saturated heterocycles. The second kappa shape index (κ2) is 6.17. The highest BCUT2D eigenvalue weighted by atomic mass is 16.5. The Labute approximate surface area is 107 Å². The fourth-order valence-corrected chi connectivity index (χ4v) is 1.76. The minimum Gasteiger partial charge on any atom is -0.491 e. The van der Waals surface area contributed by atoms with Crippen molar-refractivity contribution < 1.29 is 9.47 Å². The number of hydrogen-bond donors (Lipinski definition) is 0. The molecule has 0 N–H and O–H groups in total. The van der Waals surface area contributed by atoms with Gasteiger partial charge in [0.05, 0.1) is 6.61 Å². The Morgan fingerprint density at radius 2 is 1.83 bits per heavy atom. The lowest BCUT2D eigenvalue weighted by Crippen LogP contribution is -2.03. The van der Waals surface area contributed by atoms with Gasteiger partial charge in [-0.1, -0.05) is 18.2 Å². The summed E-state index contributed by atoms with van der Waals surface area (Å²) in [5.74, 6) is 0.859. The van der Waals surface area contributed by atoms with Crippen LogP contribution in [-0.2, 0) is 4.74 Å². The van der Waals surface area contributed by atoms with E-state index in [1.165, 1.54) is 0 Å². The summed E-state index contributed by atoms with van der Waals surface area (Å²) in [4.78, 5) is 4.29. The maximum Gasteiger partial charge on any atom is 0.119 e. The van der Waals surface area contributed by atoms with E-state index in [4.69, 9.17) is 9.47 Å². The number of pyridine rings is 1. The van der Waals surface area contributed by atoms with Gasteiger partial charge >= 0.3 is 0 Å². The van der Waals surface area contributed by atoms with Crippen LogP contribution in [0.5, 0.6) is 5.75 Å². The summed E-state index contributed by atoms with van der Waals surface area (Å²) in [5, 5.41) is 0. The molecule has 0 amide bonds. The highest BCUT2D eigenvalue weighted by Crippen LogP contribution is 2.24. The summed E-state index contributed by atoms with van der Waals surface area (Å²) < 4.78 is 10.5. The van der Waals surface area contributed by atoms with E-state index in [0.29, 0.717) is 13.2 Å². The summed E-state index contributed by atoms with van der Waals surface area (Å²) in [6, 6.07) is 12.1. The third kappa shape index (κ3) is 3.08. The number of benzene rings is 1. The summed E-state index contributed by atoms with van der Waals surface area (Å²) >= 11 is 0. The van der Waals surface area contributed by atoms with E-state index in [9.17, 15) is 0 Å². The molecule has 0 fully saturated rings. The molecule has 0 unspecified atom stereocenters. The fourth-order valence-electron chi connectivity index (χ4n) is 1.76. The van der Waals surface area contributed by atoms with Crippen LogP contribution in [0.1, 0.15) is 5.69 Å². The second-order valence-corrected chi connectivity index (χ2v) is 4.00. The second-order valence-electron chi connectivity index (χ2n) is 4.00. The van der Waals surface area contributed by atoms with Crippen LogP contribution < -0.4 is 4.74 Å². The Bertz CT molecular complexity index is 494. The molecule has 0 aliphatic carbocycles. The monoisotopic (exact) mass is 243 g/mol. The van der Waals surface area contributed by atoms with Gasteiger partial charge in [0, 0.05) is 24.6 Å². The lowest BCUT2D eigenvalue weighted by molar-refractivity contribution is 0.146. The predicted octanol–water partition coefficient (Wildman–Crippen LogP) is 3.08. The quantitative estimate of drug-likeness (QED) is 0.756. The molecule has 1 aromatic carbocycles. The molecule has 94 valence electrons.